The zero-order valence-electron chi connectivity index (χ0n) is 20.0. The fourth-order valence-electron chi connectivity index (χ4n) is 3.03. The Morgan fingerprint density at radius 3 is 1.32 bits per heavy atom. The number of carbonyl (C=O) groups is 2. The number of hydrogen-bond acceptors (Lipinski definition) is 6. The first-order valence-corrected chi connectivity index (χ1v) is 13.0. The van der Waals surface area contributed by atoms with Crippen LogP contribution in [0.5, 0.6) is 0 Å². The minimum Gasteiger partial charge on any atom is -0.493 e. The molecule has 2 aliphatic carbocycles. The number of methoxy groups -OCH3 is 2. The number of benzene rings is 2. The molecule has 9 heteroatoms. The first kappa shape index (κ1) is 30.6. The van der Waals surface area contributed by atoms with Gasteiger partial charge in [0.15, 0.2) is 11.5 Å². The molecule has 37 heavy (non-hydrogen) atoms. The monoisotopic (exact) mass is 765 g/mol. The van der Waals surface area contributed by atoms with Crippen molar-refractivity contribution < 1.29 is 35.8 Å². The number of halogens is 2. The summed E-state index contributed by atoms with van der Waals surface area (Å²) in [6.07, 6.45) is 13.8. The van der Waals surface area contributed by atoms with Crippen LogP contribution in [-0.4, -0.2) is 25.8 Å². The predicted octanol–water partition coefficient (Wildman–Crippen LogP) is 6.51. The summed E-state index contributed by atoms with van der Waals surface area (Å²) < 4.78 is 12.3. The summed E-state index contributed by atoms with van der Waals surface area (Å²) in [6.45, 7) is 0. The van der Waals surface area contributed by atoms with Crippen LogP contribution in [0.4, 0.5) is 11.4 Å². The fourth-order valence-corrected chi connectivity index (χ4v) is 3.75. The van der Waals surface area contributed by atoms with Crippen LogP contribution in [0.3, 0.4) is 0 Å². The fraction of sp³-hybridized carbons (Fsp3) is 0.0714. The number of rotatable bonds is 6. The summed E-state index contributed by atoms with van der Waals surface area (Å²) >= 11 is 4.49. The first-order valence-electron chi connectivity index (χ1n) is 10.8. The van der Waals surface area contributed by atoms with Crippen molar-refractivity contribution in [3.05, 3.63) is 127 Å². The van der Waals surface area contributed by atoms with E-state index in [1.165, 1.54) is 21.4 Å². The van der Waals surface area contributed by atoms with Crippen LogP contribution >= 0.6 is 45.2 Å². The molecule has 6 nitrogen and oxygen atoms in total. The summed E-state index contributed by atoms with van der Waals surface area (Å²) in [5, 5.41) is 6.19. The maximum atomic E-state index is 11.9. The van der Waals surface area contributed by atoms with Crippen LogP contribution in [0.2, 0.25) is 0 Å². The number of Topliss-reactive ketones (excluding diaryl/α,β-unsaturated/α-hetero) is 2. The van der Waals surface area contributed by atoms with E-state index in [4.69, 9.17) is 9.47 Å². The van der Waals surface area contributed by atoms with Crippen molar-refractivity contribution >= 4 is 68.1 Å². The zero-order valence-corrected chi connectivity index (χ0v) is 25.3. The number of carbonyl (C=O) groups excluding carboxylic acids is 2. The summed E-state index contributed by atoms with van der Waals surface area (Å²) in [5.74, 6) is 0.484. The number of nitrogens with one attached hydrogen (secondary N) is 2. The predicted molar refractivity (Wildman–Crippen MR) is 160 cm³/mol. The second kappa shape index (κ2) is 15.6. The maximum Gasteiger partial charge on any atom is 0.228 e. The molecule has 0 aliphatic heterocycles. The van der Waals surface area contributed by atoms with Crippen molar-refractivity contribution in [1.82, 2.24) is 0 Å². The van der Waals surface area contributed by atoms with E-state index in [9.17, 15) is 9.59 Å². The van der Waals surface area contributed by atoms with E-state index in [-0.39, 0.29) is 28.3 Å². The minimum absolute atomic E-state index is 0. The van der Waals surface area contributed by atoms with Crippen LogP contribution in [0, 0.1) is 7.14 Å². The molecule has 2 aliphatic rings. The Labute approximate surface area is 254 Å². The second-order valence-corrected chi connectivity index (χ2v) is 9.84. The average molecular weight is 765 g/mol. The summed E-state index contributed by atoms with van der Waals surface area (Å²) in [6, 6.07) is 15.8. The van der Waals surface area contributed by atoms with Gasteiger partial charge >= 0.3 is 0 Å². The third-order valence-electron chi connectivity index (χ3n) is 4.94. The summed E-state index contributed by atoms with van der Waals surface area (Å²) in [4.78, 5) is 23.8. The molecule has 0 amide bonds. The Kier molecular flexibility index (Phi) is 12.9. The van der Waals surface area contributed by atoms with Gasteiger partial charge in [-0.05, 0) is 118 Å². The van der Waals surface area contributed by atoms with E-state index < -0.39 is 0 Å². The number of anilines is 2. The molecule has 0 bridgehead atoms. The van der Waals surface area contributed by atoms with Crippen molar-refractivity contribution in [1.29, 1.82) is 0 Å². The molecular formula is C28H24CoI2N2O4. The third kappa shape index (κ3) is 9.33. The van der Waals surface area contributed by atoms with E-state index in [0.29, 0.717) is 22.7 Å². The third-order valence-corrected chi connectivity index (χ3v) is 6.37. The Balaban J connectivity index is 0.000000253. The topological polar surface area (TPSA) is 76.7 Å². The first-order chi connectivity index (χ1) is 17.4. The summed E-state index contributed by atoms with van der Waals surface area (Å²) in [7, 11) is 2.99. The quantitative estimate of drug-likeness (QED) is 0.258. The molecule has 0 atom stereocenters. The molecule has 0 saturated carbocycles. The van der Waals surface area contributed by atoms with Gasteiger partial charge < -0.3 is 20.1 Å². The van der Waals surface area contributed by atoms with Gasteiger partial charge in [0.05, 0.1) is 14.2 Å². The van der Waals surface area contributed by atoms with Gasteiger partial charge in [0.25, 0.3) is 0 Å². The Morgan fingerprint density at radius 1 is 0.649 bits per heavy atom. The Bertz CT molecular complexity index is 1190. The van der Waals surface area contributed by atoms with E-state index >= 15 is 0 Å². The molecule has 4 rings (SSSR count). The summed E-state index contributed by atoms with van der Waals surface area (Å²) in [5.41, 5.74) is 3.04. The van der Waals surface area contributed by atoms with Crippen molar-refractivity contribution in [2.24, 2.45) is 0 Å². The minimum atomic E-state index is -0.113. The standard InChI is InChI=1S/2C14H12INO2.Co/c2*1-18-13-4-2-3-10(14(13)17)9-16-12-7-5-11(15)6-8-12;/h2*2-9,16H,1H3;. The van der Waals surface area contributed by atoms with Gasteiger partial charge in [-0.2, -0.15) is 0 Å². The Morgan fingerprint density at radius 2 is 1.00 bits per heavy atom. The molecule has 0 saturated heterocycles. The largest absolute Gasteiger partial charge is 0.493 e. The molecule has 0 unspecified atom stereocenters. The van der Waals surface area contributed by atoms with Crippen LogP contribution in [0.25, 0.3) is 0 Å². The normalized spacial score (nSPS) is 16.2. The van der Waals surface area contributed by atoms with E-state index in [0.717, 1.165) is 11.4 Å². The van der Waals surface area contributed by atoms with Crippen LogP contribution in [-0.2, 0) is 35.8 Å². The SMILES string of the molecule is COC1=CC=CC(=CNc2ccc(I)cc2)C1=O.COC1=CC=CC(=CNc2ccc(I)cc2)C1=O.[Co]. The van der Waals surface area contributed by atoms with Gasteiger partial charge in [0.2, 0.25) is 11.6 Å². The number of hydrogen-bond donors (Lipinski definition) is 2. The van der Waals surface area contributed by atoms with Gasteiger partial charge in [0.1, 0.15) is 0 Å². The molecular weight excluding hydrogens is 741 g/mol. The van der Waals surface area contributed by atoms with Crippen molar-refractivity contribution in [2.75, 3.05) is 24.9 Å². The van der Waals surface area contributed by atoms with Crippen molar-refractivity contribution in [3.63, 3.8) is 0 Å². The molecule has 0 heterocycles. The Hall–Kier alpha value is -2.61. The molecule has 1 radical (unpaired) electrons. The van der Waals surface area contributed by atoms with Gasteiger partial charge in [-0.25, -0.2) is 0 Å². The zero-order chi connectivity index (χ0) is 25.9. The van der Waals surface area contributed by atoms with E-state index in [1.807, 2.05) is 48.5 Å². The number of ketones is 2. The van der Waals surface area contributed by atoms with Gasteiger partial charge in [0, 0.05) is 58.8 Å². The van der Waals surface area contributed by atoms with Crippen LogP contribution in [0.15, 0.2) is 120 Å². The van der Waals surface area contributed by atoms with Gasteiger partial charge in [-0.3, -0.25) is 9.59 Å². The molecule has 2 aromatic carbocycles. The number of ether oxygens (including phenoxy) is 2. The van der Waals surface area contributed by atoms with Gasteiger partial charge in [-0.15, -0.1) is 0 Å². The molecule has 2 N–H and O–H groups in total. The molecule has 0 spiro atoms. The molecule has 193 valence electrons. The second-order valence-electron chi connectivity index (χ2n) is 7.35. The number of allylic oxidation sites excluding steroid dienone is 8. The molecule has 0 aromatic heterocycles. The van der Waals surface area contributed by atoms with Crippen molar-refractivity contribution in [3.8, 4) is 0 Å². The molecule has 2 aromatic rings. The van der Waals surface area contributed by atoms with E-state index in [2.05, 4.69) is 55.8 Å². The van der Waals surface area contributed by atoms with Crippen LogP contribution < -0.4 is 10.6 Å². The maximum absolute atomic E-state index is 11.9. The molecule has 0 fully saturated rings. The van der Waals surface area contributed by atoms with Crippen molar-refractivity contribution in [2.45, 2.75) is 0 Å². The van der Waals surface area contributed by atoms with E-state index in [1.54, 1.807) is 48.9 Å². The average Bonchev–Trinajstić information content (AvgIpc) is 2.90. The van der Waals surface area contributed by atoms with Crippen LogP contribution in [0.1, 0.15) is 0 Å². The van der Waals surface area contributed by atoms with Gasteiger partial charge in [-0.1, -0.05) is 12.2 Å². The smallest absolute Gasteiger partial charge is 0.228 e.